The molecule has 0 amide bonds. The van der Waals surface area contributed by atoms with Gasteiger partial charge in [0, 0.05) is 6.54 Å². The van der Waals surface area contributed by atoms with Gasteiger partial charge in [-0.15, -0.1) is 10.2 Å². The summed E-state index contributed by atoms with van der Waals surface area (Å²) in [5.41, 5.74) is 0. The van der Waals surface area contributed by atoms with E-state index < -0.39 is 0 Å². The van der Waals surface area contributed by atoms with Crippen molar-refractivity contribution in [3.05, 3.63) is 5.01 Å². The third-order valence-electron chi connectivity index (χ3n) is 3.32. The van der Waals surface area contributed by atoms with Crippen LogP contribution in [0, 0.1) is 5.92 Å². The molecule has 0 aliphatic heterocycles. The molecular formula is C13H23N3OS. The van der Waals surface area contributed by atoms with E-state index in [0.717, 1.165) is 42.2 Å². The van der Waals surface area contributed by atoms with Gasteiger partial charge < -0.3 is 10.1 Å². The van der Waals surface area contributed by atoms with E-state index in [4.69, 9.17) is 4.74 Å². The van der Waals surface area contributed by atoms with Crippen molar-refractivity contribution in [1.29, 1.82) is 0 Å². The van der Waals surface area contributed by atoms with Crippen molar-refractivity contribution in [2.75, 3.05) is 13.2 Å². The molecule has 1 heterocycles. The Balaban J connectivity index is 1.69. The highest BCUT2D eigenvalue weighted by Crippen LogP contribution is 2.25. The zero-order valence-corrected chi connectivity index (χ0v) is 12.0. The molecule has 1 saturated carbocycles. The fourth-order valence-corrected chi connectivity index (χ4v) is 2.95. The van der Waals surface area contributed by atoms with Crippen molar-refractivity contribution in [2.45, 2.75) is 52.0 Å². The van der Waals surface area contributed by atoms with Gasteiger partial charge in [-0.05, 0) is 31.7 Å². The Morgan fingerprint density at radius 3 is 2.89 bits per heavy atom. The van der Waals surface area contributed by atoms with Crippen LogP contribution in [0.25, 0.3) is 0 Å². The Kier molecular flexibility index (Phi) is 5.87. The summed E-state index contributed by atoms with van der Waals surface area (Å²) in [5, 5.41) is 13.3. The maximum absolute atomic E-state index is 5.75. The van der Waals surface area contributed by atoms with Crippen LogP contribution in [0.1, 0.15) is 50.5 Å². The molecule has 0 aromatic carbocycles. The normalized spacial score (nSPS) is 16.9. The Morgan fingerprint density at radius 2 is 2.11 bits per heavy atom. The van der Waals surface area contributed by atoms with E-state index in [2.05, 4.69) is 22.4 Å². The van der Waals surface area contributed by atoms with Gasteiger partial charge in [0.05, 0.1) is 6.61 Å². The van der Waals surface area contributed by atoms with E-state index in [9.17, 15) is 0 Å². The van der Waals surface area contributed by atoms with E-state index in [1.807, 2.05) is 0 Å². The minimum absolute atomic E-state index is 0.726. The molecule has 0 atom stereocenters. The lowest BCUT2D eigenvalue weighted by Gasteiger charge is -2.20. The average Bonchev–Trinajstić information content (AvgIpc) is 2.86. The molecule has 5 heteroatoms. The van der Waals surface area contributed by atoms with E-state index in [1.54, 1.807) is 11.3 Å². The highest BCUT2D eigenvalue weighted by Gasteiger charge is 2.15. The summed E-state index contributed by atoms with van der Waals surface area (Å²) < 4.78 is 5.75. The first-order chi connectivity index (χ1) is 8.88. The molecule has 0 radical (unpaired) electrons. The monoisotopic (exact) mass is 269 g/mol. The minimum Gasteiger partial charge on any atom is -0.469 e. The van der Waals surface area contributed by atoms with E-state index in [-0.39, 0.29) is 0 Å². The fourth-order valence-electron chi connectivity index (χ4n) is 2.28. The van der Waals surface area contributed by atoms with Crippen LogP contribution < -0.4 is 10.1 Å². The van der Waals surface area contributed by atoms with Gasteiger partial charge in [0.15, 0.2) is 0 Å². The number of rotatable bonds is 7. The van der Waals surface area contributed by atoms with Crippen LogP contribution in [0.3, 0.4) is 0 Å². The molecule has 1 aromatic rings. The highest BCUT2D eigenvalue weighted by atomic mass is 32.1. The molecule has 0 spiro atoms. The van der Waals surface area contributed by atoms with Crippen molar-refractivity contribution in [2.24, 2.45) is 5.92 Å². The van der Waals surface area contributed by atoms with Crippen molar-refractivity contribution < 1.29 is 4.74 Å². The number of ether oxygens (including phenoxy) is 1. The molecule has 4 nitrogen and oxygen atoms in total. The zero-order chi connectivity index (χ0) is 12.6. The predicted octanol–water partition coefficient (Wildman–Crippen LogP) is 3.00. The molecule has 18 heavy (non-hydrogen) atoms. The highest BCUT2D eigenvalue weighted by molar-refractivity contribution is 7.13. The van der Waals surface area contributed by atoms with Gasteiger partial charge >= 0.3 is 0 Å². The second kappa shape index (κ2) is 7.69. The lowest BCUT2D eigenvalue weighted by atomic mass is 9.90. The van der Waals surface area contributed by atoms with Crippen molar-refractivity contribution in [3.63, 3.8) is 0 Å². The second-order valence-corrected chi connectivity index (χ2v) is 5.98. The molecule has 1 aliphatic carbocycles. The number of aromatic nitrogens is 2. The zero-order valence-electron chi connectivity index (χ0n) is 11.2. The smallest absolute Gasteiger partial charge is 0.294 e. The van der Waals surface area contributed by atoms with Gasteiger partial charge in [0.25, 0.3) is 5.19 Å². The largest absolute Gasteiger partial charge is 0.469 e. The van der Waals surface area contributed by atoms with Crippen molar-refractivity contribution >= 4 is 11.3 Å². The standard InChI is InChI=1S/C13H23N3OS/c1-2-8-14-9-12-15-16-13(18-12)17-10-11-6-4-3-5-7-11/h11,14H,2-10H2,1H3. The summed E-state index contributed by atoms with van der Waals surface area (Å²) in [4.78, 5) is 0. The molecular weight excluding hydrogens is 246 g/mol. The lowest BCUT2D eigenvalue weighted by Crippen LogP contribution is -2.15. The Labute approximate surface area is 113 Å². The Bertz CT molecular complexity index is 337. The predicted molar refractivity (Wildman–Crippen MR) is 74.0 cm³/mol. The maximum atomic E-state index is 5.75. The molecule has 0 saturated heterocycles. The summed E-state index contributed by atoms with van der Waals surface area (Å²) in [6, 6.07) is 0. The van der Waals surface area contributed by atoms with Gasteiger partial charge in [-0.2, -0.15) is 0 Å². The quantitative estimate of drug-likeness (QED) is 0.773. The van der Waals surface area contributed by atoms with Gasteiger partial charge in [-0.3, -0.25) is 0 Å². The third-order valence-corrected chi connectivity index (χ3v) is 4.15. The molecule has 1 fully saturated rings. The molecule has 1 aliphatic rings. The SMILES string of the molecule is CCCNCc1nnc(OCC2CCCCC2)s1. The van der Waals surface area contributed by atoms with E-state index in [0.29, 0.717) is 0 Å². The minimum atomic E-state index is 0.726. The van der Waals surface area contributed by atoms with E-state index >= 15 is 0 Å². The first-order valence-electron chi connectivity index (χ1n) is 7.04. The van der Waals surface area contributed by atoms with Gasteiger partial charge in [-0.1, -0.05) is 37.5 Å². The number of nitrogens with zero attached hydrogens (tertiary/aromatic N) is 2. The Hall–Kier alpha value is -0.680. The van der Waals surface area contributed by atoms with Crippen molar-refractivity contribution in [1.82, 2.24) is 15.5 Å². The van der Waals surface area contributed by atoms with Crippen molar-refractivity contribution in [3.8, 4) is 5.19 Å². The second-order valence-electron chi connectivity index (χ2n) is 4.95. The number of hydrogen-bond donors (Lipinski definition) is 1. The summed E-state index contributed by atoms with van der Waals surface area (Å²) in [5.74, 6) is 0.726. The van der Waals surface area contributed by atoms with Gasteiger partial charge in [-0.25, -0.2) is 0 Å². The molecule has 0 bridgehead atoms. The number of nitrogens with one attached hydrogen (secondary N) is 1. The third kappa shape index (κ3) is 4.53. The molecule has 0 unspecified atom stereocenters. The topological polar surface area (TPSA) is 47.0 Å². The van der Waals surface area contributed by atoms with Crippen LogP contribution in [-0.2, 0) is 6.54 Å². The number of hydrogen-bond acceptors (Lipinski definition) is 5. The van der Waals surface area contributed by atoms with Crippen LogP contribution >= 0.6 is 11.3 Å². The first kappa shape index (κ1) is 13.7. The fraction of sp³-hybridized carbons (Fsp3) is 0.846. The first-order valence-corrected chi connectivity index (χ1v) is 7.86. The van der Waals surface area contributed by atoms with Gasteiger partial charge in [0.1, 0.15) is 5.01 Å². The van der Waals surface area contributed by atoms with Crippen LogP contribution in [0.2, 0.25) is 0 Å². The van der Waals surface area contributed by atoms with E-state index in [1.165, 1.54) is 32.1 Å². The summed E-state index contributed by atoms with van der Waals surface area (Å²) in [6.07, 6.45) is 7.87. The van der Waals surface area contributed by atoms with Crippen LogP contribution in [0.4, 0.5) is 0 Å². The lowest BCUT2D eigenvalue weighted by molar-refractivity contribution is 0.207. The van der Waals surface area contributed by atoms with Crippen LogP contribution in [0.15, 0.2) is 0 Å². The Morgan fingerprint density at radius 1 is 1.28 bits per heavy atom. The summed E-state index contributed by atoms with van der Waals surface area (Å²) in [6.45, 7) is 4.80. The molecule has 1 N–H and O–H groups in total. The summed E-state index contributed by atoms with van der Waals surface area (Å²) in [7, 11) is 0. The molecule has 2 rings (SSSR count). The average molecular weight is 269 g/mol. The van der Waals surface area contributed by atoms with Gasteiger partial charge in [0.2, 0.25) is 0 Å². The molecule has 102 valence electrons. The van der Waals surface area contributed by atoms with Crippen LogP contribution in [0.5, 0.6) is 5.19 Å². The molecule has 1 aromatic heterocycles. The maximum Gasteiger partial charge on any atom is 0.294 e. The summed E-state index contributed by atoms with van der Waals surface area (Å²) >= 11 is 1.56. The van der Waals surface area contributed by atoms with Crippen LogP contribution in [-0.4, -0.2) is 23.3 Å².